The van der Waals surface area contributed by atoms with Gasteiger partial charge in [0, 0.05) is 0 Å². The Hall–Kier alpha value is -0.640. The Morgan fingerprint density at radius 1 is 1.38 bits per heavy atom. The van der Waals surface area contributed by atoms with Crippen LogP contribution in [0.4, 0.5) is 0 Å². The van der Waals surface area contributed by atoms with Crippen molar-refractivity contribution in [3.8, 4) is 12.3 Å². The van der Waals surface area contributed by atoms with Crippen LogP contribution in [0.5, 0.6) is 0 Å². The van der Waals surface area contributed by atoms with Crippen LogP contribution in [0, 0.1) is 12.3 Å². The van der Waals surface area contributed by atoms with Crippen molar-refractivity contribution >= 4 is 0 Å². The van der Waals surface area contributed by atoms with Gasteiger partial charge in [-0.15, -0.1) is 6.42 Å². The lowest BCUT2D eigenvalue weighted by atomic mass is 9.86. The topological polar surface area (TPSA) is 57.2 Å². The van der Waals surface area contributed by atoms with Gasteiger partial charge in [0.1, 0.15) is 18.3 Å². The molecular weight excluding hydrogens is 212 g/mol. The Labute approximate surface area is 93.6 Å². The van der Waals surface area contributed by atoms with E-state index in [0.29, 0.717) is 0 Å². The second-order valence-electron chi connectivity index (χ2n) is 4.82. The summed E-state index contributed by atoms with van der Waals surface area (Å²) in [6.45, 7) is 3.82. The van der Waals surface area contributed by atoms with Gasteiger partial charge in [0.2, 0.25) is 0 Å². The highest BCUT2D eigenvalue weighted by Crippen LogP contribution is 2.45. The smallest absolute Gasteiger partial charge is 0.187 e. The molecule has 3 saturated heterocycles. The number of hydrogen-bond donors (Lipinski definition) is 1. The fourth-order valence-corrected chi connectivity index (χ4v) is 2.51. The second kappa shape index (κ2) is 2.97. The number of fused-ring (bicyclic) bond motifs is 4. The summed E-state index contributed by atoms with van der Waals surface area (Å²) in [6.07, 6.45) is 3.28. The molecule has 3 heterocycles. The standard InChI is InChI=1S/C11H14O5/c1-4-11(12)6-5-13-9(14-6)7-8(11)16-10(2,3)15-7/h1,6-9,12H,5H2,2-3H3. The number of ether oxygens (including phenoxy) is 4. The zero-order valence-electron chi connectivity index (χ0n) is 9.17. The number of aliphatic hydroxyl groups is 1. The van der Waals surface area contributed by atoms with Crippen molar-refractivity contribution in [3.63, 3.8) is 0 Å². The van der Waals surface area contributed by atoms with Crippen molar-refractivity contribution in [2.45, 2.75) is 49.8 Å². The van der Waals surface area contributed by atoms with Crippen LogP contribution in [0.3, 0.4) is 0 Å². The lowest BCUT2D eigenvalue weighted by Crippen LogP contribution is -2.61. The Morgan fingerprint density at radius 2 is 2.12 bits per heavy atom. The minimum absolute atomic E-state index is 0.269. The van der Waals surface area contributed by atoms with Gasteiger partial charge in [-0.05, 0) is 13.8 Å². The summed E-state index contributed by atoms with van der Waals surface area (Å²) in [6, 6.07) is 0. The first-order valence-corrected chi connectivity index (χ1v) is 5.29. The Bertz CT molecular complexity index is 360. The van der Waals surface area contributed by atoms with E-state index >= 15 is 0 Å². The van der Waals surface area contributed by atoms with E-state index < -0.39 is 36.0 Å². The van der Waals surface area contributed by atoms with Crippen LogP contribution in [-0.2, 0) is 18.9 Å². The van der Waals surface area contributed by atoms with Gasteiger partial charge in [-0.25, -0.2) is 0 Å². The van der Waals surface area contributed by atoms with Gasteiger partial charge in [-0.2, -0.15) is 0 Å². The van der Waals surface area contributed by atoms with E-state index in [9.17, 15) is 5.11 Å². The molecule has 0 saturated carbocycles. The van der Waals surface area contributed by atoms with E-state index in [1.165, 1.54) is 0 Å². The van der Waals surface area contributed by atoms with Crippen LogP contribution in [0.15, 0.2) is 0 Å². The van der Waals surface area contributed by atoms with Crippen LogP contribution in [0.2, 0.25) is 0 Å². The predicted octanol–water partition coefficient (Wildman–Crippen LogP) is -0.374. The maximum Gasteiger partial charge on any atom is 0.187 e. The Morgan fingerprint density at radius 3 is 2.81 bits per heavy atom. The molecule has 3 aliphatic rings. The summed E-state index contributed by atoms with van der Waals surface area (Å²) in [5.41, 5.74) is -1.48. The van der Waals surface area contributed by atoms with Crippen molar-refractivity contribution in [1.29, 1.82) is 0 Å². The first-order valence-electron chi connectivity index (χ1n) is 5.29. The summed E-state index contributed by atoms with van der Waals surface area (Å²) >= 11 is 0. The summed E-state index contributed by atoms with van der Waals surface area (Å²) in [5, 5.41) is 10.4. The third-order valence-corrected chi connectivity index (χ3v) is 3.26. The summed E-state index contributed by atoms with van der Waals surface area (Å²) in [4.78, 5) is 0. The molecule has 3 aliphatic heterocycles. The van der Waals surface area contributed by atoms with Crippen LogP contribution in [-0.4, -0.2) is 47.7 Å². The molecule has 0 aliphatic carbocycles. The molecule has 5 unspecified atom stereocenters. The molecular formula is C11H14O5. The molecule has 2 bridgehead atoms. The quantitative estimate of drug-likeness (QED) is 0.571. The average Bonchev–Trinajstić information content (AvgIpc) is 2.78. The molecule has 0 spiro atoms. The monoisotopic (exact) mass is 226 g/mol. The fraction of sp³-hybridized carbons (Fsp3) is 0.818. The van der Waals surface area contributed by atoms with E-state index in [4.69, 9.17) is 25.4 Å². The molecule has 1 N–H and O–H groups in total. The molecule has 5 atom stereocenters. The number of terminal acetylenes is 1. The zero-order valence-corrected chi connectivity index (χ0v) is 9.17. The molecule has 5 heteroatoms. The minimum atomic E-state index is -1.48. The molecule has 0 aromatic rings. The molecule has 0 aromatic carbocycles. The molecule has 0 amide bonds. The van der Waals surface area contributed by atoms with Crippen LogP contribution >= 0.6 is 0 Å². The third-order valence-electron chi connectivity index (χ3n) is 3.26. The second-order valence-corrected chi connectivity index (χ2v) is 4.82. The first kappa shape index (κ1) is 10.5. The van der Waals surface area contributed by atoms with Crippen LogP contribution in [0.1, 0.15) is 13.8 Å². The largest absolute Gasteiger partial charge is 0.372 e. The molecule has 3 rings (SSSR count). The first-order chi connectivity index (χ1) is 7.46. The molecule has 16 heavy (non-hydrogen) atoms. The molecule has 3 fully saturated rings. The van der Waals surface area contributed by atoms with Gasteiger partial charge >= 0.3 is 0 Å². The Kier molecular flexibility index (Phi) is 1.95. The van der Waals surface area contributed by atoms with Gasteiger partial charge in [-0.3, -0.25) is 0 Å². The van der Waals surface area contributed by atoms with Crippen LogP contribution < -0.4 is 0 Å². The molecule has 0 aromatic heterocycles. The molecule has 88 valence electrons. The van der Waals surface area contributed by atoms with Gasteiger partial charge in [0.05, 0.1) is 6.61 Å². The minimum Gasteiger partial charge on any atom is -0.372 e. The van der Waals surface area contributed by atoms with Crippen molar-refractivity contribution in [3.05, 3.63) is 0 Å². The van der Waals surface area contributed by atoms with E-state index in [1.807, 2.05) is 0 Å². The van der Waals surface area contributed by atoms with Crippen molar-refractivity contribution in [2.24, 2.45) is 0 Å². The highest BCUT2D eigenvalue weighted by atomic mass is 16.8. The van der Waals surface area contributed by atoms with Crippen LogP contribution in [0.25, 0.3) is 0 Å². The van der Waals surface area contributed by atoms with E-state index in [0.717, 1.165) is 0 Å². The zero-order chi connectivity index (χ0) is 11.6. The summed E-state index contributed by atoms with van der Waals surface area (Å²) < 4.78 is 22.2. The lowest BCUT2D eigenvalue weighted by molar-refractivity contribution is -0.215. The number of rotatable bonds is 0. The maximum absolute atomic E-state index is 10.4. The highest BCUT2D eigenvalue weighted by Gasteiger charge is 2.65. The third kappa shape index (κ3) is 1.19. The van der Waals surface area contributed by atoms with E-state index in [1.54, 1.807) is 13.8 Å². The number of hydrogen-bond acceptors (Lipinski definition) is 5. The molecule has 5 nitrogen and oxygen atoms in total. The summed E-state index contributed by atoms with van der Waals surface area (Å²) in [5.74, 6) is 1.58. The van der Waals surface area contributed by atoms with Crippen molar-refractivity contribution in [1.82, 2.24) is 0 Å². The van der Waals surface area contributed by atoms with E-state index in [2.05, 4.69) is 5.92 Å². The average molecular weight is 226 g/mol. The molecule has 0 radical (unpaired) electrons. The normalized spacial score (nSPS) is 53.4. The Balaban J connectivity index is 2.00. The van der Waals surface area contributed by atoms with Gasteiger partial charge < -0.3 is 24.1 Å². The van der Waals surface area contributed by atoms with E-state index in [-0.39, 0.29) is 6.61 Å². The fourth-order valence-electron chi connectivity index (χ4n) is 2.51. The maximum atomic E-state index is 10.4. The van der Waals surface area contributed by atoms with Crippen molar-refractivity contribution < 1.29 is 24.1 Å². The lowest BCUT2D eigenvalue weighted by Gasteiger charge is -2.38. The van der Waals surface area contributed by atoms with Gasteiger partial charge in [-0.1, -0.05) is 5.92 Å². The summed E-state index contributed by atoms with van der Waals surface area (Å²) in [7, 11) is 0. The van der Waals surface area contributed by atoms with Gasteiger partial charge in [0.25, 0.3) is 0 Å². The predicted molar refractivity (Wildman–Crippen MR) is 52.2 cm³/mol. The SMILES string of the molecule is C#CC1(O)C2COC(O2)C2OC(C)(C)OC21. The van der Waals surface area contributed by atoms with Gasteiger partial charge in [0.15, 0.2) is 17.7 Å². The highest BCUT2D eigenvalue weighted by molar-refractivity contribution is 5.22. The van der Waals surface area contributed by atoms with Crippen molar-refractivity contribution in [2.75, 3.05) is 6.61 Å².